The fourth-order valence-corrected chi connectivity index (χ4v) is 5.76. The molecule has 19 heteroatoms. The molecule has 296 valence electrons. The van der Waals surface area contributed by atoms with E-state index in [1.807, 2.05) is 13.8 Å². The summed E-state index contributed by atoms with van der Waals surface area (Å²) < 4.78 is 0. The van der Waals surface area contributed by atoms with Crippen molar-refractivity contribution in [2.75, 3.05) is 32.7 Å². The molecular weight excluding hydrogens is 692 g/mol. The lowest BCUT2D eigenvalue weighted by Crippen LogP contribution is -2.60. The van der Waals surface area contributed by atoms with E-state index in [4.69, 9.17) is 17.2 Å². The minimum absolute atomic E-state index is 0.0323. The summed E-state index contributed by atoms with van der Waals surface area (Å²) in [6.45, 7) is 3.90. The second-order valence-electron chi connectivity index (χ2n) is 13.3. The zero-order valence-electron chi connectivity index (χ0n) is 30.5. The molecule has 0 saturated carbocycles. The van der Waals surface area contributed by atoms with Gasteiger partial charge in [0.15, 0.2) is 0 Å². The van der Waals surface area contributed by atoms with Crippen LogP contribution in [0.4, 0.5) is 4.79 Å². The summed E-state index contributed by atoms with van der Waals surface area (Å²) in [6.07, 6.45) is -3.14. The zero-order valence-corrected chi connectivity index (χ0v) is 30.5. The molecule has 0 unspecified atom stereocenters. The van der Waals surface area contributed by atoms with Gasteiger partial charge in [-0.2, -0.15) is 0 Å². The standard InChI is InChI=1S/C34H56N10O9/c1-19(2)17-24-30(48)40-22(9-12-35)28(46)39-23(10-13-36)29(47)43-27(20(3)45)33(51)38-15-16-44(34(52)53)26(11-14-37)32(50)42-25(31(49)41-24)18-21-7-5-4-6-8-21/h4-8,19-20,22-27,45H,9-18,35-37H2,1-3H3,(H,38,51)(H,39,46)(H,40,48)(H,41,49)(H,42,50)(H,43,47)(H,52,53)/t20-,22+,23+,24+,25-,26+,27+/m1/s1. The summed E-state index contributed by atoms with van der Waals surface area (Å²) in [5, 5.41) is 35.9. The Morgan fingerprint density at radius 1 is 0.717 bits per heavy atom. The van der Waals surface area contributed by atoms with Crippen molar-refractivity contribution in [2.24, 2.45) is 23.1 Å². The van der Waals surface area contributed by atoms with Gasteiger partial charge in [0.05, 0.1) is 6.10 Å². The molecule has 7 atom stereocenters. The van der Waals surface area contributed by atoms with E-state index < -0.39 is 90.4 Å². The number of nitrogens with zero attached hydrogens (tertiary/aromatic N) is 1. The van der Waals surface area contributed by atoms with Crippen LogP contribution in [0.3, 0.4) is 0 Å². The van der Waals surface area contributed by atoms with E-state index in [2.05, 4.69) is 31.9 Å². The topological polar surface area (TPSA) is 313 Å². The maximum Gasteiger partial charge on any atom is 0.408 e. The highest BCUT2D eigenvalue weighted by Gasteiger charge is 2.36. The van der Waals surface area contributed by atoms with Crippen molar-refractivity contribution in [1.29, 1.82) is 0 Å². The minimum Gasteiger partial charge on any atom is -0.465 e. The van der Waals surface area contributed by atoms with E-state index >= 15 is 0 Å². The Morgan fingerprint density at radius 2 is 1.21 bits per heavy atom. The molecule has 1 heterocycles. The van der Waals surface area contributed by atoms with Crippen molar-refractivity contribution in [3.05, 3.63) is 35.9 Å². The number of rotatable bonds is 11. The number of carboxylic acid groups (broad SMARTS) is 1. The Hall–Kier alpha value is -4.85. The average Bonchev–Trinajstić information content (AvgIpc) is 3.09. The lowest BCUT2D eigenvalue weighted by molar-refractivity contribution is -0.136. The maximum atomic E-state index is 14.0. The van der Waals surface area contributed by atoms with Crippen molar-refractivity contribution in [3.8, 4) is 0 Å². The molecule has 53 heavy (non-hydrogen) atoms. The lowest BCUT2D eigenvalue weighted by atomic mass is 10.00. The Bertz CT molecular complexity index is 1400. The molecule has 0 radical (unpaired) electrons. The second kappa shape index (κ2) is 22.3. The quantitative estimate of drug-likeness (QED) is 0.106. The highest BCUT2D eigenvalue weighted by molar-refractivity contribution is 5.97. The molecule has 14 N–H and O–H groups in total. The molecule has 1 saturated heterocycles. The van der Waals surface area contributed by atoms with Crippen molar-refractivity contribution in [1.82, 2.24) is 36.8 Å². The van der Waals surface area contributed by atoms with Crippen molar-refractivity contribution >= 4 is 41.5 Å². The molecule has 1 aromatic rings. The molecule has 1 aliphatic rings. The third-order valence-electron chi connectivity index (χ3n) is 8.51. The molecule has 0 aromatic heterocycles. The average molecular weight is 749 g/mol. The van der Waals surface area contributed by atoms with Gasteiger partial charge in [0, 0.05) is 19.5 Å². The number of nitrogens with two attached hydrogens (primary N) is 3. The zero-order chi connectivity index (χ0) is 39.7. The number of carbonyl (C=O) groups excluding carboxylic acids is 6. The molecule has 0 spiro atoms. The van der Waals surface area contributed by atoms with Crippen molar-refractivity contribution in [3.63, 3.8) is 0 Å². The van der Waals surface area contributed by atoms with Crippen LogP contribution in [0.15, 0.2) is 30.3 Å². The van der Waals surface area contributed by atoms with E-state index in [9.17, 15) is 43.8 Å². The Morgan fingerprint density at radius 3 is 1.72 bits per heavy atom. The molecular formula is C34H56N10O9. The van der Waals surface area contributed by atoms with E-state index in [1.165, 1.54) is 6.92 Å². The van der Waals surface area contributed by atoms with Gasteiger partial charge >= 0.3 is 6.09 Å². The number of aliphatic hydroxyl groups is 1. The predicted octanol–water partition coefficient (Wildman–Crippen LogP) is -3.40. The first-order chi connectivity index (χ1) is 25.1. The fourth-order valence-electron chi connectivity index (χ4n) is 5.76. The Kier molecular flexibility index (Phi) is 18.6. The van der Waals surface area contributed by atoms with Gasteiger partial charge in [-0.3, -0.25) is 33.7 Å². The lowest BCUT2D eigenvalue weighted by Gasteiger charge is -2.31. The molecule has 0 bridgehead atoms. The van der Waals surface area contributed by atoms with Crippen LogP contribution in [-0.2, 0) is 35.2 Å². The summed E-state index contributed by atoms with van der Waals surface area (Å²) in [6, 6.07) is 0.732. The molecule has 1 aliphatic heterocycles. The summed E-state index contributed by atoms with van der Waals surface area (Å²) in [4.78, 5) is 94.7. The molecule has 7 amide bonds. The predicted molar refractivity (Wildman–Crippen MR) is 193 cm³/mol. The number of amides is 7. The molecule has 19 nitrogen and oxygen atoms in total. The number of hydrogen-bond donors (Lipinski definition) is 11. The first kappa shape index (κ1) is 44.3. The van der Waals surface area contributed by atoms with Crippen LogP contribution in [0, 0.1) is 5.92 Å². The molecule has 0 aliphatic carbocycles. The van der Waals surface area contributed by atoms with Crippen LogP contribution in [0.5, 0.6) is 0 Å². The monoisotopic (exact) mass is 748 g/mol. The highest BCUT2D eigenvalue weighted by atomic mass is 16.4. The number of benzene rings is 1. The summed E-state index contributed by atoms with van der Waals surface area (Å²) >= 11 is 0. The van der Waals surface area contributed by atoms with E-state index in [0.717, 1.165) is 4.90 Å². The van der Waals surface area contributed by atoms with Crippen LogP contribution < -0.4 is 49.1 Å². The highest BCUT2D eigenvalue weighted by Crippen LogP contribution is 2.12. The summed E-state index contributed by atoms with van der Waals surface area (Å²) in [5.41, 5.74) is 17.9. The maximum absolute atomic E-state index is 14.0. The van der Waals surface area contributed by atoms with Gasteiger partial charge in [-0.05, 0) is 63.7 Å². The van der Waals surface area contributed by atoms with Gasteiger partial charge < -0.3 is 59.3 Å². The van der Waals surface area contributed by atoms with Gasteiger partial charge in [0.25, 0.3) is 0 Å². The number of aliphatic hydroxyl groups excluding tert-OH is 1. The molecule has 1 fully saturated rings. The van der Waals surface area contributed by atoms with Gasteiger partial charge in [0.2, 0.25) is 35.4 Å². The minimum atomic E-state index is -1.54. The first-order valence-electron chi connectivity index (χ1n) is 17.7. The van der Waals surface area contributed by atoms with E-state index in [-0.39, 0.29) is 64.2 Å². The van der Waals surface area contributed by atoms with Gasteiger partial charge in [0.1, 0.15) is 36.3 Å². The largest absolute Gasteiger partial charge is 0.465 e. The fraction of sp³-hybridized carbons (Fsp3) is 0.618. The second-order valence-corrected chi connectivity index (χ2v) is 13.3. The van der Waals surface area contributed by atoms with E-state index in [1.54, 1.807) is 30.3 Å². The van der Waals surface area contributed by atoms with Crippen molar-refractivity contribution in [2.45, 2.75) is 95.2 Å². The van der Waals surface area contributed by atoms with Gasteiger partial charge in [-0.15, -0.1) is 0 Å². The van der Waals surface area contributed by atoms with E-state index in [0.29, 0.717) is 5.56 Å². The first-order valence-corrected chi connectivity index (χ1v) is 17.7. The van der Waals surface area contributed by atoms with Crippen molar-refractivity contribution < 1.29 is 43.8 Å². The normalized spacial score (nSPS) is 25.2. The third kappa shape index (κ3) is 14.2. The van der Waals surface area contributed by atoms with Crippen LogP contribution in [-0.4, -0.2) is 132 Å². The Balaban J connectivity index is 2.65. The van der Waals surface area contributed by atoms with Crippen LogP contribution in [0.1, 0.15) is 52.0 Å². The van der Waals surface area contributed by atoms with Crippen LogP contribution in [0.25, 0.3) is 0 Å². The van der Waals surface area contributed by atoms with Crippen LogP contribution >= 0.6 is 0 Å². The number of hydrogen-bond acceptors (Lipinski definition) is 11. The summed E-state index contributed by atoms with van der Waals surface area (Å²) in [5.74, 6) is -5.00. The summed E-state index contributed by atoms with van der Waals surface area (Å²) in [7, 11) is 0. The number of carbonyl (C=O) groups is 7. The van der Waals surface area contributed by atoms with Gasteiger partial charge in [-0.25, -0.2) is 4.79 Å². The van der Waals surface area contributed by atoms with Gasteiger partial charge in [-0.1, -0.05) is 44.2 Å². The molecule has 1 aromatic carbocycles. The number of nitrogens with one attached hydrogen (secondary N) is 6. The third-order valence-corrected chi connectivity index (χ3v) is 8.51. The van der Waals surface area contributed by atoms with Crippen LogP contribution in [0.2, 0.25) is 0 Å². The SMILES string of the molecule is CC(C)C[C@@H]1NC(=O)[C@@H](Cc2ccccc2)NC(=O)[C@H](CCN)N(C(=O)O)CCNC(=O)[C@H]([C@@H](C)O)NC(=O)[C@H](CCN)NC(=O)[C@H](CCN)NC1=O. The Labute approximate surface area is 308 Å². The molecule has 2 rings (SSSR count). The smallest absolute Gasteiger partial charge is 0.408 e.